The van der Waals surface area contributed by atoms with E-state index in [-0.39, 0.29) is 6.04 Å². The first-order chi connectivity index (χ1) is 9.52. The molecule has 1 aromatic carbocycles. The normalized spacial score (nSPS) is 12.2. The summed E-state index contributed by atoms with van der Waals surface area (Å²) in [6, 6.07) is 12.1. The molecule has 0 amide bonds. The fourth-order valence-electron chi connectivity index (χ4n) is 2.24. The second-order valence-corrected chi connectivity index (χ2v) is 5.39. The Kier molecular flexibility index (Phi) is 4.63. The molecular weight excluding hydrogens is 270 g/mol. The zero-order chi connectivity index (χ0) is 14.7. The van der Waals surface area contributed by atoms with Crippen molar-refractivity contribution in [3.63, 3.8) is 0 Å². The van der Waals surface area contributed by atoms with Gasteiger partial charge in [0.1, 0.15) is 5.82 Å². The van der Waals surface area contributed by atoms with Crippen LogP contribution in [0.1, 0.15) is 29.8 Å². The Morgan fingerprint density at radius 1 is 1.30 bits per heavy atom. The van der Waals surface area contributed by atoms with Gasteiger partial charge >= 0.3 is 0 Å². The number of anilines is 1. The molecule has 106 valence electrons. The molecule has 0 fully saturated rings. The van der Waals surface area contributed by atoms with E-state index < -0.39 is 0 Å². The van der Waals surface area contributed by atoms with Crippen molar-refractivity contribution in [2.75, 3.05) is 11.9 Å². The first-order valence-corrected chi connectivity index (χ1v) is 7.05. The number of nitrogens with zero attached hydrogens (tertiary/aromatic N) is 2. The molecule has 1 atom stereocenters. The maximum Gasteiger partial charge on any atom is 0.129 e. The number of benzene rings is 1. The molecule has 2 aromatic rings. The lowest BCUT2D eigenvalue weighted by Crippen LogP contribution is -2.23. The molecule has 2 N–H and O–H groups in total. The van der Waals surface area contributed by atoms with E-state index >= 15 is 0 Å². The quantitative estimate of drug-likeness (QED) is 0.933. The second-order valence-electron chi connectivity index (χ2n) is 4.99. The van der Waals surface area contributed by atoms with Crippen molar-refractivity contribution in [3.8, 4) is 0 Å². The van der Waals surface area contributed by atoms with E-state index in [1.807, 2.05) is 50.4 Å². The lowest BCUT2D eigenvalue weighted by molar-refractivity contribution is 0.726. The SMILES string of the molecule is Cc1cc(CN)cc(N(C)C(C)c2ccccc2Cl)n1. The predicted octanol–water partition coefficient (Wildman–Crippen LogP) is 3.70. The van der Waals surface area contributed by atoms with Crippen LogP contribution in [0.4, 0.5) is 5.82 Å². The molecule has 3 nitrogen and oxygen atoms in total. The van der Waals surface area contributed by atoms with E-state index in [0.29, 0.717) is 6.54 Å². The molecule has 20 heavy (non-hydrogen) atoms. The zero-order valence-corrected chi connectivity index (χ0v) is 12.9. The highest BCUT2D eigenvalue weighted by Gasteiger charge is 2.16. The van der Waals surface area contributed by atoms with E-state index in [1.54, 1.807) is 0 Å². The molecule has 1 heterocycles. The van der Waals surface area contributed by atoms with Crippen LogP contribution < -0.4 is 10.6 Å². The molecule has 1 aromatic heterocycles. The summed E-state index contributed by atoms with van der Waals surface area (Å²) in [6.07, 6.45) is 0. The average Bonchev–Trinajstić information content (AvgIpc) is 2.45. The summed E-state index contributed by atoms with van der Waals surface area (Å²) in [6.45, 7) is 4.62. The molecule has 0 aliphatic rings. The van der Waals surface area contributed by atoms with Gasteiger partial charge in [0.15, 0.2) is 0 Å². The van der Waals surface area contributed by atoms with Crippen molar-refractivity contribution in [2.24, 2.45) is 5.73 Å². The Bertz CT molecular complexity index is 598. The molecule has 0 saturated heterocycles. The van der Waals surface area contributed by atoms with Gasteiger partial charge in [-0.1, -0.05) is 29.8 Å². The van der Waals surface area contributed by atoms with Crippen molar-refractivity contribution in [2.45, 2.75) is 26.4 Å². The predicted molar refractivity (Wildman–Crippen MR) is 85.1 cm³/mol. The minimum Gasteiger partial charge on any atom is -0.353 e. The van der Waals surface area contributed by atoms with Gasteiger partial charge in [0.05, 0.1) is 6.04 Å². The van der Waals surface area contributed by atoms with E-state index in [0.717, 1.165) is 27.7 Å². The number of rotatable bonds is 4. The Labute approximate surface area is 125 Å². The first-order valence-electron chi connectivity index (χ1n) is 6.68. The molecule has 0 aliphatic heterocycles. The van der Waals surface area contributed by atoms with Gasteiger partial charge in [-0.25, -0.2) is 4.98 Å². The van der Waals surface area contributed by atoms with Gasteiger partial charge in [-0.2, -0.15) is 0 Å². The fraction of sp³-hybridized carbons (Fsp3) is 0.312. The van der Waals surface area contributed by atoms with Crippen LogP contribution >= 0.6 is 11.6 Å². The average molecular weight is 290 g/mol. The number of nitrogens with two attached hydrogens (primary N) is 1. The summed E-state index contributed by atoms with van der Waals surface area (Å²) in [5, 5.41) is 0.776. The van der Waals surface area contributed by atoms with Crippen molar-refractivity contribution in [3.05, 3.63) is 58.2 Å². The van der Waals surface area contributed by atoms with E-state index in [9.17, 15) is 0 Å². The summed E-state index contributed by atoms with van der Waals surface area (Å²) >= 11 is 6.27. The molecule has 0 aliphatic carbocycles. The number of hydrogen-bond donors (Lipinski definition) is 1. The van der Waals surface area contributed by atoms with Crippen LogP contribution in [-0.2, 0) is 6.54 Å². The summed E-state index contributed by atoms with van der Waals surface area (Å²) in [5.41, 5.74) is 8.89. The Hall–Kier alpha value is -1.58. The maximum atomic E-state index is 6.27. The highest BCUT2D eigenvalue weighted by molar-refractivity contribution is 6.31. The van der Waals surface area contributed by atoms with Gasteiger partial charge in [-0.05, 0) is 43.2 Å². The largest absolute Gasteiger partial charge is 0.353 e. The van der Waals surface area contributed by atoms with Crippen molar-refractivity contribution in [1.29, 1.82) is 0 Å². The molecule has 0 radical (unpaired) electrons. The van der Waals surface area contributed by atoms with Gasteiger partial charge in [-0.15, -0.1) is 0 Å². The third-order valence-corrected chi connectivity index (χ3v) is 3.88. The van der Waals surface area contributed by atoms with Crippen LogP contribution in [0, 0.1) is 6.92 Å². The summed E-state index contributed by atoms with van der Waals surface area (Å²) < 4.78 is 0. The number of pyridine rings is 1. The Morgan fingerprint density at radius 2 is 2.00 bits per heavy atom. The third-order valence-electron chi connectivity index (χ3n) is 3.53. The van der Waals surface area contributed by atoms with Gasteiger partial charge in [-0.3, -0.25) is 0 Å². The Balaban J connectivity index is 2.33. The van der Waals surface area contributed by atoms with Crippen LogP contribution in [-0.4, -0.2) is 12.0 Å². The maximum absolute atomic E-state index is 6.27. The molecule has 0 spiro atoms. The van der Waals surface area contributed by atoms with Crippen LogP contribution in [0.15, 0.2) is 36.4 Å². The van der Waals surface area contributed by atoms with Gasteiger partial charge in [0, 0.05) is 24.3 Å². The highest BCUT2D eigenvalue weighted by atomic mass is 35.5. The topological polar surface area (TPSA) is 42.1 Å². The monoisotopic (exact) mass is 289 g/mol. The Morgan fingerprint density at radius 3 is 2.65 bits per heavy atom. The highest BCUT2D eigenvalue weighted by Crippen LogP contribution is 2.29. The van der Waals surface area contributed by atoms with Crippen LogP contribution in [0.5, 0.6) is 0 Å². The fourth-order valence-corrected chi connectivity index (χ4v) is 2.53. The first kappa shape index (κ1) is 14.8. The van der Waals surface area contributed by atoms with E-state index in [1.165, 1.54) is 0 Å². The molecular formula is C16H20ClN3. The van der Waals surface area contributed by atoms with Crippen LogP contribution in [0.25, 0.3) is 0 Å². The van der Waals surface area contributed by atoms with E-state index in [2.05, 4.69) is 16.8 Å². The zero-order valence-electron chi connectivity index (χ0n) is 12.1. The van der Waals surface area contributed by atoms with Crippen molar-refractivity contribution >= 4 is 17.4 Å². The van der Waals surface area contributed by atoms with E-state index in [4.69, 9.17) is 17.3 Å². The second kappa shape index (κ2) is 6.25. The van der Waals surface area contributed by atoms with Crippen LogP contribution in [0.3, 0.4) is 0 Å². The van der Waals surface area contributed by atoms with Gasteiger partial charge < -0.3 is 10.6 Å². The van der Waals surface area contributed by atoms with Crippen molar-refractivity contribution in [1.82, 2.24) is 4.98 Å². The van der Waals surface area contributed by atoms with Gasteiger partial charge in [0.25, 0.3) is 0 Å². The standard InChI is InChI=1S/C16H20ClN3/c1-11-8-13(10-18)9-16(19-11)20(3)12(2)14-6-4-5-7-15(14)17/h4-9,12H,10,18H2,1-3H3. The lowest BCUT2D eigenvalue weighted by Gasteiger charge is -2.27. The number of aromatic nitrogens is 1. The third kappa shape index (κ3) is 3.11. The van der Waals surface area contributed by atoms with Crippen LogP contribution in [0.2, 0.25) is 5.02 Å². The molecule has 1 unspecified atom stereocenters. The molecule has 2 rings (SSSR count). The number of hydrogen-bond acceptors (Lipinski definition) is 3. The molecule has 4 heteroatoms. The summed E-state index contributed by atoms with van der Waals surface area (Å²) in [4.78, 5) is 6.70. The summed E-state index contributed by atoms with van der Waals surface area (Å²) in [5.74, 6) is 0.915. The number of aryl methyl sites for hydroxylation is 1. The molecule has 0 bridgehead atoms. The lowest BCUT2D eigenvalue weighted by atomic mass is 10.1. The van der Waals surface area contributed by atoms with Gasteiger partial charge in [0.2, 0.25) is 0 Å². The minimum absolute atomic E-state index is 0.142. The molecule has 0 saturated carbocycles. The minimum atomic E-state index is 0.142. The number of halogens is 1. The van der Waals surface area contributed by atoms with Crippen molar-refractivity contribution < 1.29 is 0 Å². The summed E-state index contributed by atoms with van der Waals surface area (Å²) in [7, 11) is 2.02. The smallest absolute Gasteiger partial charge is 0.129 e.